The van der Waals surface area contributed by atoms with Gasteiger partial charge in [-0.2, -0.15) is 0 Å². The quantitative estimate of drug-likeness (QED) is 0.514. The number of hydrogen-bond acceptors (Lipinski definition) is 4. The molecular weight excluding hydrogens is 447 g/mol. The fourth-order valence-electron chi connectivity index (χ4n) is 4.37. The van der Waals surface area contributed by atoms with Gasteiger partial charge in [-0.1, -0.05) is 32.1 Å². The van der Waals surface area contributed by atoms with Gasteiger partial charge in [0.15, 0.2) is 0 Å². The first-order valence-corrected chi connectivity index (χ1v) is 12.0. The first-order valence-electron chi connectivity index (χ1n) is 11.0. The van der Waals surface area contributed by atoms with Crippen LogP contribution in [0.2, 0.25) is 0 Å². The zero-order chi connectivity index (χ0) is 23.7. The Bertz CT molecular complexity index is 1120. The number of anilines is 2. The lowest BCUT2D eigenvalue weighted by Gasteiger charge is -2.27. The summed E-state index contributed by atoms with van der Waals surface area (Å²) in [6.07, 6.45) is 4.48. The summed E-state index contributed by atoms with van der Waals surface area (Å²) < 4.78 is 43.6. The summed E-state index contributed by atoms with van der Waals surface area (Å²) in [4.78, 5) is 14.4. The number of carboxylic acids is 1. The van der Waals surface area contributed by atoms with Crippen LogP contribution in [0.3, 0.4) is 0 Å². The van der Waals surface area contributed by atoms with Crippen LogP contribution in [0.1, 0.15) is 47.7 Å². The predicted octanol–water partition coefficient (Wildman–Crippen LogP) is 4.65. The molecular formula is C24H27FN2O5S. The minimum atomic E-state index is -2.62. The second-order valence-corrected chi connectivity index (χ2v) is 9.04. The van der Waals surface area contributed by atoms with Gasteiger partial charge in [-0.3, -0.25) is 4.55 Å². The highest BCUT2D eigenvalue weighted by Gasteiger charge is 2.45. The molecule has 1 fully saturated rings. The summed E-state index contributed by atoms with van der Waals surface area (Å²) in [5.74, 6) is -0.852. The number of hydrogen-bond donors (Lipinski definition) is 2. The third kappa shape index (κ3) is 4.66. The van der Waals surface area contributed by atoms with Crippen molar-refractivity contribution < 1.29 is 27.8 Å². The van der Waals surface area contributed by atoms with Gasteiger partial charge in [0.1, 0.15) is 17.1 Å². The number of nitrogens with zero attached hydrogens (tertiary/aromatic N) is 2. The maximum Gasteiger partial charge on any atom is 0.341 e. The Labute approximate surface area is 194 Å². The molecule has 0 saturated heterocycles. The number of halogens is 1. The predicted molar refractivity (Wildman–Crippen MR) is 126 cm³/mol. The molecule has 0 radical (unpaired) electrons. The number of aromatic carboxylic acids is 1. The van der Waals surface area contributed by atoms with E-state index in [1.54, 1.807) is 12.1 Å². The van der Waals surface area contributed by atoms with Gasteiger partial charge in [0.2, 0.25) is 0 Å². The average Bonchev–Trinajstić information content (AvgIpc) is 3.58. The molecule has 33 heavy (non-hydrogen) atoms. The van der Waals surface area contributed by atoms with Crippen LogP contribution in [0, 0.1) is 11.7 Å². The maximum atomic E-state index is 14.1. The molecule has 3 unspecified atom stereocenters. The standard InChI is InChI=1S/C24H27FN2O5S/c1-3-26(4-2)11-5-6-15-12-17(25)7-9-20(15)27(33(30)31)21-10-8-18-19-13-16(19)14-32-23(18)22(21)24(28)29/h5-10,12,16,19H,3-4,11,13-14H2,1-2H3,(H,28,29)(H,30,31). The Balaban J connectivity index is 1.80. The maximum absolute atomic E-state index is 14.1. The van der Waals surface area contributed by atoms with Crippen molar-refractivity contribution in [3.63, 3.8) is 0 Å². The highest BCUT2D eigenvalue weighted by atomic mass is 32.2. The largest absolute Gasteiger partial charge is 0.492 e. The Kier molecular flexibility index (Phi) is 6.83. The van der Waals surface area contributed by atoms with Gasteiger partial charge in [0.25, 0.3) is 11.3 Å². The summed E-state index contributed by atoms with van der Waals surface area (Å²) >= 11 is -2.62. The van der Waals surface area contributed by atoms with Crippen molar-refractivity contribution >= 4 is 34.7 Å². The number of carbonyl (C=O) groups is 1. The van der Waals surface area contributed by atoms with Crippen LogP contribution in [-0.2, 0) is 11.3 Å². The molecule has 0 spiro atoms. The second kappa shape index (κ2) is 9.62. The van der Waals surface area contributed by atoms with Crippen molar-refractivity contribution in [2.45, 2.75) is 26.2 Å². The Morgan fingerprint density at radius 3 is 2.64 bits per heavy atom. The van der Waals surface area contributed by atoms with E-state index in [-0.39, 0.29) is 28.6 Å². The summed E-state index contributed by atoms with van der Waals surface area (Å²) in [6, 6.07) is 7.12. The van der Waals surface area contributed by atoms with Crippen molar-refractivity contribution in [1.82, 2.24) is 4.90 Å². The third-order valence-electron chi connectivity index (χ3n) is 6.28. The van der Waals surface area contributed by atoms with Gasteiger partial charge in [0.05, 0.1) is 18.0 Å². The molecule has 2 N–H and O–H groups in total. The summed E-state index contributed by atoms with van der Waals surface area (Å²) in [5, 5.41) is 10.0. The van der Waals surface area contributed by atoms with E-state index >= 15 is 0 Å². The van der Waals surface area contributed by atoms with E-state index in [4.69, 9.17) is 4.74 Å². The topological polar surface area (TPSA) is 90.3 Å². The summed E-state index contributed by atoms with van der Waals surface area (Å²) in [5.41, 5.74) is 1.25. The first-order chi connectivity index (χ1) is 15.8. The van der Waals surface area contributed by atoms with E-state index in [1.807, 2.05) is 19.9 Å². The van der Waals surface area contributed by atoms with Crippen LogP contribution in [0.4, 0.5) is 15.8 Å². The van der Waals surface area contributed by atoms with Gasteiger partial charge in [-0.15, -0.1) is 0 Å². The number of fused-ring (bicyclic) bond motifs is 3. The van der Waals surface area contributed by atoms with E-state index in [0.717, 1.165) is 29.4 Å². The lowest BCUT2D eigenvalue weighted by molar-refractivity contribution is 0.0692. The molecule has 1 aliphatic heterocycles. The van der Waals surface area contributed by atoms with Crippen molar-refractivity contribution in [2.24, 2.45) is 5.92 Å². The van der Waals surface area contributed by atoms with Crippen LogP contribution in [0.25, 0.3) is 6.08 Å². The van der Waals surface area contributed by atoms with Crippen molar-refractivity contribution in [2.75, 3.05) is 30.5 Å². The van der Waals surface area contributed by atoms with Crippen LogP contribution < -0.4 is 9.04 Å². The lowest BCUT2D eigenvalue weighted by Crippen LogP contribution is -2.24. The van der Waals surface area contributed by atoms with E-state index < -0.39 is 23.1 Å². The molecule has 2 aliphatic rings. The third-order valence-corrected chi connectivity index (χ3v) is 6.99. The van der Waals surface area contributed by atoms with Gasteiger partial charge in [-0.25, -0.2) is 17.7 Å². The minimum Gasteiger partial charge on any atom is -0.492 e. The van der Waals surface area contributed by atoms with Crippen LogP contribution >= 0.6 is 0 Å². The molecule has 4 rings (SSSR count). The summed E-state index contributed by atoms with van der Waals surface area (Å²) in [6.45, 7) is 6.83. The van der Waals surface area contributed by atoms with E-state index in [2.05, 4.69) is 4.90 Å². The van der Waals surface area contributed by atoms with Gasteiger partial charge in [0, 0.05) is 18.0 Å². The van der Waals surface area contributed by atoms with Gasteiger partial charge >= 0.3 is 5.97 Å². The summed E-state index contributed by atoms with van der Waals surface area (Å²) in [7, 11) is 0. The highest BCUT2D eigenvalue weighted by molar-refractivity contribution is 7.81. The molecule has 3 atom stereocenters. The number of benzene rings is 2. The van der Waals surface area contributed by atoms with Gasteiger partial charge < -0.3 is 14.7 Å². The number of likely N-dealkylation sites (N-methyl/N-ethyl adjacent to an activating group) is 1. The van der Waals surface area contributed by atoms with Crippen molar-refractivity contribution in [1.29, 1.82) is 0 Å². The lowest BCUT2D eigenvalue weighted by atomic mass is 9.99. The molecule has 7 nitrogen and oxygen atoms in total. The fourth-order valence-corrected chi connectivity index (χ4v) is 5.02. The normalized spacial score (nSPS) is 19.7. The van der Waals surface area contributed by atoms with Crippen LogP contribution in [0.15, 0.2) is 36.4 Å². The molecule has 0 amide bonds. The van der Waals surface area contributed by atoms with Crippen LogP contribution in [0.5, 0.6) is 5.75 Å². The van der Waals surface area contributed by atoms with Crippen molar-refractivity contribution in [3.8, 4) is 5.75 Å². The second-order valence-electron chi connectivity index (χ2n) is 8.21. The molecule has 1 heterocycles. The highest BCUT2D eigenvalue weighted by Crippen LogP contribution is 2.56. The number of ether oxygens (including phenoxy) is 1. The van der Waals surface area contributed by atoms with Gasteiger partial charge in [-0.05, 0) is 55.3 Å². The van der Waals surface area contributed by atoms with Crippen molar-refractivity contribution in [3.05, 3.63) is 58.9 Å². The molecule has 1 saturated carbocycles. The Morgan fingerprint density at radius 2 is 1.97 bits per heavy atom. The smallest absolute Gasteiger partial charge is 0.341 e. The molecule has 2 aromatic carbocycles. The zero-order valence-corrected chi connectivity index (χ0v) is 19.3. The van der Waals surface area contributed by atoms with E-state index in [0.29, 0.717) is 24.6 Å². The zero-order valence-electron chi connectivity index (χ0n) is 18.5. The monoisotopic (exact) mass is 474 g/mol. The Hall–Kier alpha value is -2.75. The van der Waals surface area contributed by atoms with E-state index in [1.165, 1.54) is 24.3 Å². The number of rotatable bonds is 9. The minimum absolute atomic E-state index is 0.0196. The molecule has 176 valence electrons. The van der Waals surface area contributed by atoms with Crippen LogP contribution in [-0.4, -0.2) is 51.0 Å². The molecule has 9 heteroatoms. The Morgan fingerprint density at radius 1 is 1.24 bits per heavy atom. The SMILES string of the molecule is CCN(CC)CC=Cc1cc(F)ccc1N(c1ccc2c(c1C(=O)O)OCC1CC21)S(=O)O. The molecule has 0 aromatic heterocycles. The molecule has 0 bridgehead atoms. The molecule has 2 aromatic rings. The van der Waals surface area contributed by atoms with E-state index in [9.17, 15) is 23.1 Å². The molecule has 1 aliphatic carbocycles. The first kappa shape index (κ1) is 23.4. The number of carboxylic acid groups (broad SMARTS) is 1. The fraction of sp³-hybridized carbons (Fsp3) is 0.375. The average molecular weight is 475 g/mol.